The van der Waals surface area contributed by atoms with Crippen molar-refractivity contribution < 1.29 is 9.32 Å². The predicted molar refractivity (Wildman–Crippen MR) is 95.3 cm³/mol. The number of nitrogens with zero attached hydrogens (tertiary/aromatic N) is 5. The van der Waals surface area contributed by atoms with Gasteiger partial charge >= 0.3 is 6.03 Å². The monoisotopic (exact) mass is 370 g/mol. The molecule has 1 fully saturated rings. The molecule has 0 saturated carbocycles. The minimum atomic E-state index is -0.194. The fourth-order valence-electron chi connectivity index (χ4n) is 3.01. The summed E-state index contributed by atoms with van der Waals surface area (Å²) in [4.78, 5) is 19.8. The van der Waals surface area contributed by atoms with Crippen LogP contribution >= 0.6 is 11.5 Å². The highest BCUT2D eigenvalue weighted by molar-refractivity contribution is 7.05. The van der Waals surface area contributed by atoms with Crippen LogP contribution in [0.5, 0.6) is 0 Å². The lowest BCUT2D eigenvalue weighted by Gasteiger charge is -2.22. The minimum absolute atomic E-state index is 0.139. The fraction of sp³-hybridized carbons (Fsp3) is 0.353. The maximum atomic E-state index is 12.6. The smallest absolute Gasteiger partial charge is 0.318 e. The molecule has 0 radical (unpaired) electrons. The minimum Gasteiger partial charge on any atom is -0.337 e. The predicted octanol–water partition coefficient (Wildman–Crippen LogP) is 2.94. The Kier molecular flexibility index (Phi) is 4.61. The number of aryl methyl sites for hydroxylation is 1. The summed E-state index contributed by atoms with van der Waals surface area (Å²) in [6, 6.07) is 9.32. The van der Waals surface area contributed by atoms with Crippen molar-refractivity contribution in [1.82, 2.24) is 29.9 Å². The third-order valence-electron chi connectivity index (χ3n) is 4.42. The second kappa shape index (κ2) is 7.20. The molecule has 9 heteroatoms. The Labute approximate surface area is 154 Å². The molecule has 3 aromatic rings. The number of hydrogen-bond donors (Lipinski definition) is 1. The van der Waals surface area contributed by atoms with Crippen LogP contribution in [-0.4, -0.2) is 37.2 Å². The van der Waals surface area contributed by atoms with Gasteiger partial charge in [-0.3, -0.25) is 0 Å². The number of amides is 2. The Bertz CT molecular complexity index is 894. The summed E-state index contributed by atoms with van der Waals surface area (Å²) < 4.78 is 9.34. The van der Waals surface area contributed by atoms with Gasteiger partial charge in [-0.05, 0) is 31.3 Å². The number of nitrogens with one attached hydrogen (secondary N) is 1. The van der Waals surface area contributed by atoms with Crippen LogP contribution in [0.25, 0.3) is 11.4 Å². The van der Waals surface area contributed by atoms with E-state index in [1.807, 2.05) is 37.3 Å². The van der Waals surface area contributed by atoms with E-state index >= 15 is 0 Å². The van der Waals surface area contributed by atoms with Crippen molar-refractivity contribution in [3.8, 4) is 11.4 Å². The summed E-state index contributed by atoms with van der Waals surface area (Å²) in [5, 5.41) is 11.0. The highest BCUT2D eigenvalue weighted by atomic mass is 32.1. The molecule has 26 heavy (non-hydrogen) atoms. The van der Waals surface area contributed by atoms with Gasteiger partial charge in [0.05, 0.1) is 17.1 Å². The van der Waals surface area contributed by atoms with Gasteiger partial charge in [0.2, 0.25) is 11.7 Å². The number of hydrogen-bond acceptors (Lipinski definition) is 7. The van der Waals surface area contributed by atoms with E-state index in [9.17, 15) is 4.79 Å². The summed E-state index contributed by atoms with van der Waals surface area (Å²) in [5.74, 6) is 1.02. The van der Waals surface area contributed by atoms with E-state index < -0.39 is 0 Å². The number of likely N-dealkylation sites (tertiary alicyclic amines) is 1. The van der Waals surface area contributed by atoms with Gasteiger partial charge < -0.3 is 14.7 Å². The van der Waals surface area contributed by atoms with E-state index in [0.717, 1.165) is 29.0 Å². The molecular formula is C17H18N6O2S. The lowest BCUT2D eigenvalue weighted by molar-refractivity contribution is 0.180. The Hall–Kier alpha value is -2.81. The molecule has 0 bridgehead atoms. The molecule has 0 unspecified atom stereocenters. The normalized spacial score (nSPS) is 16.8. The Morgan fingerprint density at radius 3 is 3.00 bits per heavy atom. The molecule has 4 rings (SSSR count). The number of carbonyl (C=O) groups excluding carboxylic acids is 1. The third kappa shape index (κ3) is 3.30. The van der Waals surface area contributed by atoms with Crippen molar-refractivity contribution in [2.75, 3.05) is 6.54 Å². The average Bonchev–Trinajstić information content (AvgIpc) is 3.40. The van der Waals surface area contributed by atoms with Crippen molar-refractivity contribution in [1.29, 1.82) is 0 Å². The maximum absolute atomic E-state index is 12.6. The quantitative estimate of drug-likeness (QED) is 0.758. The van der Waals surface area contributed by atoms with Crippen LogP contribution < -0.4 is 5.32 Å². The molecule has 0 aliphatic carbocycles. The Morgan fingerprint density at radius 2 is 2.23 bits per heavy atom. The summed E-state index contributed by atoms with van der Waals surface area (Å²) >= 11 is 1.30. The van der Waals surface area contributed by atoms with Crippen LogP contribution in [0.2, 0.25) is 0 Å². The molecule has 1 saturated heterocycles. The Morgan fingerprint density at radius 1 is 1.38 bits per heavy atom. The lowest BCUT2D eigenvalue weighted by Crippen LogP contribution is -2.39. The molecule has 0 spiro atoms. The zero-order valence-electron chi connectivity index (χ0n) is 14.3. The van der Waals surface area contributed by atoms with E-state index in [-0.39, 0.29) is 12.1 Å². The second-order valence-electron chi connectivity index (χ2n) is 6.11. The standard InChI is InChI=1S/C17H18N6O2S/c1-11-14(26-22-20-11)10-18-17(24)23-9-5-8-13(23)16-19-15(21-25-16)12-6-3-2-4-7-12/h2-4,6-7,13H,5,8-10H2,1H3,(H,18,24)/t13-/m0/s1. The SMILES string of the molecule is Cc1nnsc1CNC(=O)N1CCC[C@H]1c1nc(-c2ccccc2)no1. The van der Waals surface area contributed by atoms with Crippen LogP contribution in [0.15, 0.2) is 34.9 Å². The van der Waals surface area contributed by atoms with Gasteiger partial charge in [-0.25, -0.2) is 4.79 Å². The molecule has 1 N–H and O–H groups in total. The molecule has 1 atom stereocenters. The highest BCUT2D eigenvalue weighted by Crippen LogP contribution is 2.32. The molecule has 134 valence electrons. The summed E-state index contributed by atoms with van der Waals surface area (Å²) in [6.07, 6.45) is 1.72. The van der Waals surface area contributed by atoms with E-state index in [4.69, 9.17) is 4.52 Å². The number of benzene rings is 1. The van der Waals surface area contributed by atoms with Crippen molar-refractivity contribution in [2.24, 2.45) is 0 Å². The Balaban J connectivity index is 1.45. The molecular weight excluding hydrogens is 352 g/mol. The summed E-state index contributed by atoms with van der Waals surface area (Å²) in [5.41, 5.74) is 1.74. The summed E-state index contributed by atoms with van der Waals surface area (Å²) in [7, 11) is 0. The van der Waals surface area contributed by atoms with Crippen LogP contribution in [0.4, 0.5) is 4.79 Å². The fourth-order valence-corrected chi connectivity index (χ4v) is 3.58. The van der Waals surface area contributed by atoms with Gasteiger partial charge in [0, 0.05) is 12.1 Å². The van der Waals surface area contributed by atoms with E-state index in [2.05, 4.69) is 25.0 Å². The van der Waals surface area contributed by atoms with Crippen LogP contribution in [0.1, 0.15) is 35.3 Å². The van der Waals surface area contributed by atoms with Crippen LogP contribution in [0, 0.1) is 6.92 Å². The van der Waals surface area contributed by atoms with E-state index in [1.54, 1.807) is 4.90 Å². The van der Waals surface area contributed by atoms with Crippen molar-refractivity contribution in [2.45, 2.75) is 32.4 Å². The van der Waals surface area contributed by atoms with Crippen molar-refractivity contribution in [3.05, 3.63) is 46.8 Å². The first-order valence-electron chi connectivity index (χ1n) is 8.43. The third-order valence-corrected chi connectivity index (χ3v) is 5.24. The van der Waals surface area contributed by atoms with Gasteiger partial charge in [-0.2, -0.15) is 4.98 Å². The highest BCUT2D eigenvalue weighted by Gasteiger charge is 2.34. The number of aromatic nitrogens is 4. The first kappa shape index (κ1) is 16.6. The van der Waals surface area contributed by atoms with Gasteiger partial charge in [0.1, 0.15) is 6.04 Å². The van der Waals surface area contributed by atoms with Crippen molar-refractivity contribution >= 4 is 17.6 Å². The van der Waals surface area contributed by atoms with Gasteiger partial charge in [0.15, 0.2) is 0 Å². The van der Waals surface area contributed by atoms with Crippen LogP contribution in [0.3, 0.4) is 0 Å². The maximum Gasteiger partial charge on any atom is 0.318 e. The van der Waals surface area contributed by atoms with E-state index in [0.29, 0.717) is 24.8 Å². The number of carbonyl (C=O) groups is 1. The molecule has 8 nitrogen and oxygen atoms in total. The topological polar surface area (TPSA) is 97.0 Å². The first-order chi connectivity index (χ1) is 12.7. The molecule has 1 aliphatic heterocycles. The van der Waals surface area contributed by atoms with Gasteiger partial charge in [0.25, 0.3) is 0 Å². The summed E-state index contributed by atoms with van der Waals surface area (Å²) in [6.45, 7) is 2.97. The van der Waals surface area contributed by atoms with Gasteiger partial charge in [-0.1, -0.05) is 40.0 Å². The molecule has 1 aliphatic rings. The molecule has 1 aromatic carbocycles. The molecule has 2 amide bonds. The van der Waals surface area contributed by atoms with Crippen LogP contribution in [-0.2, 0) is 6.54 Å². The van der Waals surface area contributed by atoms with Gasteiger partial charge in [-0.15, -0.1) is 5.10 Å². The zero-order valence-corrected chi connectivity index (χ0v) is 15.1. The number of rotatable bonds is 4. The lowest BCUT2D eigenvalue weighted by atomic mass is 10.2. The van der Waals surface area contributed by atoms with Crippen molar-refractivity contribution in [3.63, 3.8) is 0 Å². The molecule has 2 aromatic heterocycles. The molecule has 3 heterocycles. The first-order valence-corrected chi connectivity index (χ1v) is 9.21. The number of urea groups is 1. The van der Waals surface area contributed by atoms with E-state index in [1.165, 1.54) is 11.5 Å². The average molecular weight is 370 g/mol. The largest absolute Gasteiger partial charge is 0.337 e. The zero-order chi connectivity index (χ0) is 17.9. The second-order valence-corrected chi connectivity index (χ2v) is 6.95.